The molecule has 4 heteroatoms. The minimum atomic E-state index is -0.211. The largest absolute Gasteiger partial charge is 0.311 e. The van der Waals surface area contributed by atoms with Crippen molar-refractivity contribution in [2.45, 2.75) is 45.4 Å². The summed E-state index contributed by atoms with van der Waals surface area (Å²) in [5.41, 5.74) is 29.8. The van der Waals surface area contributed by atoms with E-state index in [2.05, 4.69) is 334 Å². The highest BCUT2D eigenvalue weighted by atomic mass is 15.2. The number of rotatable bonds is 9. The summed E-state index contributed by atoms with van der Waals surface area (Å²) < 4.78 is 0. The van der Waals surface area contributed by atoms with Crippen molar-refractivity contribution in [3.05, 3.63) is 302 Å². The van der Waals surface area contributed by atoms with Gasteiger partial charge in [0.15, 0.2) is 0 Å². The number of fused-ring (bicyclic) bond motifs is 7. The maximum Gasteiger partial charge on any atom is 0.252 e. The van der Waals surface area contributed by atoms with Gasteiger partial charge in [-0.3, -0.25) is 0 Å². The second-order valence-corrected chi connectivity index (χ2v) is 24.1. The molecule has 0 atom stereocenters. The molecule has 12 aromatic carbocycles. The Morgan fingerprint density at radius 2 is 0.783 bits per heavy atom. The molecule has 1 aliphatic carbocycles. The zero-order valence-electron chi connectivity index (χ0n) is 47.6. The van der Waals surface area contributed by atoms with Crippen molar-refractivity contribution in [2.75, 3.05) is 14.7 Å². The molecule has 396 valence electrons. The van der Waals surface area contributed by atoms with Crippen LogP contribution in [0.2, 0.25) is 0 Å². The van der Waals surface area contributed by atoms with E-state index in [-0.39, 0.29) is 17.5 Å². The first-order valence-electron chi connectivity index (χ1n) is 29.2. The maximum absolute atomic E-state index is 2.63. The Labute approximate surface area is 489 Å². The number of nitrogens with zero attached hydrogens (tertiary/aromatic N) is 3. The van der Waals surface area contributed by atoms with E-state index in [9.17, 15) is 0 Å². The smallest absolute Gasteiger partial charge is 0.252 e. The van der Waals surface area contributed by atoms with Crippen LogP contribution in [-0.2, 0) is 10.8 Å². The molecule has 2 heterocycles. The molecular weight excluding hydrogens is 1000 g/mol. The molecule has 83 heavy (non-hydrogen) atoms. The van der Waals surface area contributed by atoms with Crippen molar-refractivity contribution in [3.63, 3.8) is 0 Å². The second kappa shape index (κ2) is 19.7. The van der Waals surface area contributed by atoms with Gasteiger partial charge < -0.3 is 14.7 Å². The molecule has 0 aromatic heterocycles. The molecule has 0 bridgehead atoms. The fourth-order valence-corrected chi connectivity index (χ4v) is 13.5. The number of hydrogen-bond donors (Lipinski definition) is 0. The van der Waals surface area contributed by atoms with E-state index in [0.29, 0.717) is 0 Å². The minimum Gasteiger partial charge on any atom is -0.311 e. The standard InChI is InChI=1S/C79H62BN3/c1-78(2,3)61-49-75-77-76(50-61)83(65-41-43-68-67-34-18-19-35-69(67)79(4,5)70(68)51-65)74-52-66(81(63-32-20-30-58(46-63)54-24-12-7-13-25-54)64-33-21-31-59(47-64)55-26-14-8-15-27-55)42-44-71(74)80(77)72-48-60(56-28-16-9-17-29-56)38-45-73(72)82(75)62-39-36-57(37-40-62)53-22-10-6-11-23-53/h6-52H,1-5H3. The number of hydrogen-bond acceptors (Lipinski definition) is 3. The van der Waals surface area contributed by atoms with Gasteiger partial charge in [-0.2, -0.15) is 0 Å². The summed E-state index contributed by atoms with van der Waals surface area (Å²) in [7, 11) is 0. The van der Waals surface area contributed by atoms with Gasteiger partial charge in [0.1, 0.15) is 0 Å². The Hall–Kier alpha value is -9.90. The number of benzene rings is 12. The predicted molar refractivity (Wildman–Crippen MR) is 353 cm³/mol. The average Bonchev–Trinajstić information content (AvgIpc) is 1.43. The predicted octanol–water partition coefficient (Wildman–Crippen LogP) is 19.5. The van der Waals surface area contributed by atoms with Gasteiger partial charge in [0, 0.05) is 56.6 Å². The van der Waals surface area contributed by atoms with Crippen molar-refractivity contribution in [3.8, 4) is 55.6 Å². The van der Waals surface area contributed by atoms with Crippen molar-refractivity contribution >= 4 is 74.3 Å². The van der Waals surface area contributed by atoms with Crippen LogP contribution in [-0.4, -0.2) is 6.71 Å². The third-order valence-electron chi connectivity index (χ3n) is 17.8. The monoisotopic (exact) mass is 1060 g/mol. The van der Waals surface area contributed by atoms with E-state index < -0.39 is 0 Å². The first-order valence-corrected chi connectivity index (χ1v) is 29.2. The van der Waals surface area contributed by atoms with Crippen LogP contribution in [0.25, 0.3) is 55.6 Å². The fourth-order valence-electron chi connectivity index (χ4n) is 13.5. The molecule has 15 rings (SSSR count). The Bertz CT molecular complexity index is 4370. The molecule has 0 radical (unpaired) electrons. The van der Waals surface area contributed by atoms with Crippen LogP contribution in [0.3, 0.4) is 0 Å². The van der Waals surface area contributed by atoms with Crippen molar-refractivity contribution in [1.29, 1.82) is 0 Å². The first-order chi connectivity index (χ1) is 40.5. The van der Waals surface area contributed by atoms with E-state index >= 15 is 0 Å². The van der Waals surface area contributed by atoms with Crippen molar-refractivity contribution in [1.82, 2.24) is 0 Å². The molecular formula is C79H62BN3. The van der Waals surface area contributed by atoms with Gasteiger partial charge in [0.05, 0.1) is 0 Å². The van der Waals surface area contributed by atoms with E-state index in [1.54, 1.807) is 0 Å². The van der Waals surface area contributed by atoms with Gasteiger partial charge in [0.2, 0.25) is 0 Å². The minimum absolute atomic E-state index is 0.112. The molecule has 0 saturated heterocycles. The number of anilines is 9. The SMILES string of the molecule is CC(C)(C)c1cc2c3c(c1)N(c1ccc4c(c1)C(C)(C)c1ccccc1-4)c1cc(N(c4cccc(-c5ccccc5)c4)c4cccc(-c5ccccc5)c4)ccc1B3c1cc(-c3ccccc3)ccc1N2c1ccc(-c2ccccc2)cc1. The molecule has 0 amide bonds. The molecule has 3 aliphatic rings. The third-order valence-corrected chi connectivity index (χ3v) is 17.8. The van der Waals surface area contributed by atoms with Gasteiger partial charge in [-0.1, -0.05) is 241 Å². The molecule has 0 saturated carbocycles. The quantitative estimate of drug-likeness (QED) is 0.133. The Morgan fingerprint density at radius 1 is 0.325 bits per heavy atom. The Morgan fingerprint density at radius 3 is 1.36 bits per heavy atom. The summed E-state index contributed by atoms with van der Waals surface area (Å²) in [5.74, 6) is 0. The molecule has 0 N–H and O–H groups in total. The van der Waals surface area contributed by atoms with E-state index in [1.165, 1.54) is 94.6 Å². The van der Waals surface area contributed by atoms with Gasteiger partial charge >= 0.3 is 0 Å². The highest BCUT2D eigenvalue weighted by molar-refractivity contribution is 7.00. The maximum atomic E-state index is 2.63. The summed E-state index contributed by atoms with van der Waals surface area (Å²) in [6, 6.07) is 106. The normalized spacial score (nSPS) is 13.4. The van der Waals surface area contributed by atoms with Gasteiger partial charge in [0.25, 0.3) is 6.71 Å². The summed E-state index contributed by atoms with van der Waals surface area (Å²) in [4.78, 5) is 7.66. The van der Waals surface area contributed by atoms with E-state index in [1.807, 2.05) is 0 Å². The Balaban J connectivity index is 1.01. The molecule has 3 nitrogen and oxygen atoms in total. The van der Waals surface area contributed by atoms with Crippen LogP contribution >= 0.6 is 0 Å². The van der Waals surface area contributed by atoms with E-state index in [4.69, 9.17) is 0 Å². The van der Waals surface area contributed by atoms with Crippen LogP contribution in [0.1, 0.15) is 51.3 Å². The summed E-state index contributed by atoms with van der Waals surface area (Å²) in [5, 5.41) is 0. The van der Waals surface area contributed by atoms with Crippen LogP contribution in [0.15, 0.2) is 285 Å². The van der Waals surface area contributed by atoms with Gasteiger partial charge in [-0.05, 0) is 173 Å². The summed E-state index contributed by atoms with van der Waals surface area (Å²) in [6.07, 6.45) is 0. The molecule has 0 fully saturated rings. The first kappa shape index (κ1) is 50.1. The zero-order valence-corrected chi connectivity index (χ0v) is 47.6. The van der Waals surface area contributed by atoms with Gasteiger partial charge in [-0.25, -0.2) is 0 Å². The van der Waals surface area contributed by atoms with Crippen LogP contribution < -0.4 is 31.1 Å². The highest BCUT2D eigenvalue weighted by Crippen LogP contribution is 2.53. The van der Waals surface area contributed by atoms with Crippen LogP contribution in [0.5, 0.6) is 0 Å². The lowest BCUT2D eigenvalue weighted by Crippen LogP contribution is -2.61. The van der Waals surface area contributed by atoms with Gasteiger partial charge in [-0.15, -0.1) is 0 Å². The van der Waals surface area contributed by atoms with Crippen LogP contribution in [0.4, 0.5) is 51.2 Å². The second-order valence-electron chi connectivity index (χ2n) is 24.1. The van der Waals surface area contributed by atoms with Crippen molar-refractivity contribution in [2.24, 2.45) is 0 Å². The lowest BCUT2D eigenvalue weighted by atomic mass is 9.33. The summed E-state index contributed by atoms with van der Waals surface area (Å²) in [6.45, 7) is 11.8. The average molecular weight is 1060 g/mol. The summed E-state index contributed by atoms with van der Waals surface area (Å²) >= 11 is 0. The van der Waals surface area contributed by atoms with E-state index in [0.717, 1.165) is 45.3 Å². The Kier molecular flexibility index (Phi) is 11.9. The van der Waals surface area contributed by atoms with Crippen molar-refractivity contribution < 1.29 is 0 Å². The third kappa shape index (κ3) is 8.51. The molecule has 2 aliphatic heterocycles. The molecule has 0 unspecified atom stereocenters. The highest BCUT2D eigenvalue weighted by Gasteiger charge is 2.45. The van der Waals surface area contributed by atoms with Crippen LogP contribution in [0, 0.1) is 0 Å². The molecule has 0 spiro atoms. The zero-order chi connectivity index (χ0) is 56.0. The topological polar surface area (TPSA) is 9.72 Å². The lowest BCUT2D eigenvalue weighted by molar-refractivity contribution is 0.590. The fraction of sp³-hybridized carbons (Fsp3) is 0.0886. The molecule has 12 aromatic rings. The lowest BCUT2D eigenvalue weighted by Gasteiger charge is -2.45.